The molecule has 0 spiro atoms. The molecular weight excluding hydrogens is 498 g/mol. The first-order chi connectivity index (χ1) is 14.2. The second-order valence-corrected chi connectivity index (χ2v) is 6.61. The lowest BCUT2D eigenvalue weighted by Crippen LogP contribution is -2.41. The van der Waals surface area contributed by atoms with E-state index in [-0.39, 0.29) is 29.8 Å². The number of rotatable bonds is 9. The number of aromatic nitrogens is 3. The number of pyridine rings is 1. The molecule has 0 fully saturated rings. The summed E-state index contributed by atoms with van der Waals surface area (Å²) in [4.78, 5) is 6.73. The van der Waals surface area contributed by atoms with Crippen LogP contribution in [-0.4, -0.2) is 58.7 Å². The number of nitrogens with zero attached hydrogens (tertiary/aromatic N) is 5. The zero-order chi connectivity index (χ0) is 20.5. The average molecular weight is 526 g/mol. The Hall–Kier alpha value is -2.43. The van der Waals surface area contributed by atoms with Gasteiger partial charge < -0.3 is 15.0 Å². The van der Waals surface area contributed by atoms with Gasteiger partial charge in [0.05, 0.1) is 6.54 Å². The standard InChI is InChI=1S/C21H27FN6O.HI/c1-3-23-21(27(2)15-16-29-18-11-9-17(22)10-12-18)24-13-6-8-20-26-25-19-7-4-5-14-28(19)20;/h4-5,7,9-12,14H,3,6,8,13,15-16H2,1-2H3,(H,23,24);1H. The summed E-state index contributed by atoms with van der Waals surface area (Å²) in [6.07, 6.45) is 3.67. The summed E-state index contributed by atoms with van der Waals surface area (Å²) in [5.41, 5.74) is 0.861. The minimum absolute atomic E-state index is 0. The highest BCUT2D eigenvalue weighted by Gasteiger charge is 2.07. The Bertz CT molecular complexity index is 931. The number of aryl methyl sites for hydroxylation is 1. The SMILES string of the molecule is CCNC(=NCCCc1nnc2ccccn12)N(C)CCOc1ccc(F)cc1.I. The second-order valence-electron chi connectivity index (χ2n) is 6.61. The fraction of sp³-hybridized carbons (Fsp3) is 0.381. The van der Waals surface area contributed by atoms with Gasteiger partial charge in [0.15, 0.2) is 11.6 Å². The molecule has 0 unspecified atom stereocenters. The van der Waals surface area contributed by atoms with Crippen molar-refractivity contribution in [1.82, 2.24) is 24.8 Å². The molecule has 7 nitrogen and oxygen atoms in total. The van der Waals surface area contributed by atoms with E-state index in [1.54, 1.807) is 12.1 Å². The van der Waals surface area contributed by atoms with E-state index in [0.717, 1.165) is 36.8 Å². The second kappa shape index (κ2) is 12.3. The Morgan fingerprint density at radius 3 is 2.77 bits per heavy atom. The van der Waals surface area contributed by atoms with E-state index < -0.39 is 0 Å². The summed E-state index contributed by atoms with van der Waals surface area (Å²) in [6.45, 7) is 4.67. The van der Waals surface area contributed by atoms with Gasteiger partial charge in [0.1, 0.15) is 24.0 Å². The van der Waals surface area contributed by atoms with E-state index in [1.807, 2.05) is 47.7 Å². The molecule has 0 bridgehead atoms. The summed E-state index contributed by atoms with van der Waals surface area (Å²) in [5, 5.41) is 11.7. The zero-order valence-electron chi connectivity index (χ0n) is 17.3. The predicted molar refractivity (Wildman–Crippen MR) is 127 cm³/mol. The fourth-order valence-corrected chi connectivity index (χ4v) is 2.89. The van der Waals surface area contributed by atoms with Crippen molar-refractivity contribution in [2.75, 3.05) is 33.3 Å². The van der Waals surface area contributed by atoms with Crippen LogP contribution in [0, 0.1) is 5.82 Å². The molecule has 0 amide bonds. The lowest BCUT2D eigenvalue weighted by atomic mass is 10.3. The van der Waals surface area contributed by atoms with Crippen molar-refractivity contribution >= 4 is 35.6 Å². The Kier molecular flexibility index (Phi) is 9.78. The summed E-state index contributed by atoms with van der Waals surface area (Å²) in [5.74, 6) is 2.17. The molecule has 1 aromatic carbocycles. The topological polar surface area (TPSA) is 67.0 Å². The maximum atomic E-state index is 12.9. The Labute approximate surface area is 193 Å². The van der Waals surface area contributed by atoms with Crippen molar-refractivity contribution < 1.29 is 9.13 Å². The average Bonchev–Trinajstić information content (AvgIpc) is 3.15. The van der Waals surface area contributed by atoms with Crippen molar-refractivity contribution in [1.29, 1.82) is 0 Å². The molecule has 0 saturated carbocycles. The first-order valence-electron chi connectivity index (χ1n) is 9.84. The third kappa shape index (κ3) is 6.82. The normalized spacial score (nSPS) is 11.2. The van der Waals surface area contributed by atoms with Crippen LogP contribution in [0.1, 0.15) is 19.2 Å². The molecule has 2 aromatic heterocycles. The van der Waals surface area contributed by atoms with Crippen LogP contribution in [0.4, 0.5) is 4.39 Å². The molecule has 3 rings (SSSR count). The van der Waals surface area contributed by atoms with Crippen LogP contribution < -0.4 is 10.1 Å². The van der Waals surface area contributed by atoms with Crippen LogP contribution in [0.2, 0.25) is 0 Å². The minimum Gasteiger partial charge on any atom is -0.492 e. The van der Waals surface area contributed by atoms with Crippen molar-refractivity contribution in [3.8, 4) is 5.75 Å². The molecule has 9 heteroatoms. The van der Waals surface area contributed by atoms with Gasteiger partial charge in [-0.1, -0.05) is 6.07 Å². The molecule has 2 heterocycles. The highest BCUT2D eigenvalue weighted by atomic mass is 127. The number of likely N-dealkylation sites (N-methyl/N-ethyl adjacent to an activating group) is 1. The van der Waals surface area contributed by atoms with E-state index in [4.69, 9.17) is 9.73 Å². The van der Waals surface area contributed by atoms with Crippen molar-refractivity contribution in [2.45, 2.75) is 19.8 Å². The minimum atomic E-state index is -0.268. The third-order valence-electron chi connectivity index (χ3n) is 4.41. The molecule has 30 heavy (non-hydrogen) atoms. The lowest BCUT2D eigenvalue weighted by molar-refractivity contribution is 0.281. The number of benzene rings is 1. The lowest BCUT2D eigenvalue weighted by Gasteiger charge is -2.22. The summed E-state index contributed by atoms with van der Waals surface area (Å²) < 4.78 is 20.6. The van der Waals surface area contributed by atoms with Crippen LogP contribution in [-0.2, 0) is 6.42 Å². The van der Waals surface area contributed by atoms with Gasteiger partial charge in [0.2, 0.25) is 0 Å². The van der Waals surface area contributed by atoms with E-state index in [2.05, 4.69) is 15.5 Å². The van der Waals surface area contributed by atoms with Gasteiger partial charge >= 0.3 is 0 Å². The van der Waals surface area contributed by atoms with E-state index in [1.165, 1.54) is 12.1 Å². The van der Waals surface area contributed by atoms with Gasteiger partial charge in [-0.05, 0) is 49.7 Å². The van der Waals surface area contributed by atoms with Crippen molar-refractivity contribution in [3.63, 3.8) is 0 Å². The molecule has 3 aromatic rings. The molecule has 162 valence electrons. The van der Waals surface area contributed by atoms with Gasteiger partial charge in [0.25, 0.3) is 0 Å². The number of fused-ring (bicyclic) bond motifs is 1. The maximum Gasteiger partial charge on any atom is 0.193 e. The first-order valence-corrected chi connectivity index (χ1v) is 9.84. The summed E-state index contributed by atoms with van der Waals surface area (Å²) >= 11 is 0. The number of hydrogen-bond donors (Lipinski definition) is 1. The van der Waals surface area contributed by atoms with Gasteiger partial charge in [-0.3, -0.25) is 9.39 Å². The first kappa shape index (κ1) is 23.8. The number of aliphatic imine (C=N–C) groups is 1. The Balaban J connectivity index is 0.00000320. The molecule has 1 N–H and O–H groups in total. The summed E-state index contributed by atoms with van der Waals surface area (Å²) in [6, 6.07) is 11.9. The molecule has 0 aliphatic carbocycles. The third-order valence-corrected chi connectivity index (χ3v) is 4.41. The number of nitrogens with one attached hydrogen (secondary N) is 1. The van der Waals surface area contributed by atoms with Crippen LogP contribution in [0.5, 0.6) is 5.75 Å². The van der Waals surface area contributed by atoms with Gasteiger partial charge in [-0.2, -0.15) is 0 Å². The smallest absolute Gasteiger partial charge is 0.193 e. The van der Waals surface area contributed by atoms with Crippen molar-refractivity contribution in [2.24, 2.45) is 4.99 Å². The van der Waals surface area contributed by atoms with Crippen LogP contribution in [0.25, 0.3) is 5.65 Å². The molecule has 0 saturated heterocycles. The quantitative estimate of drug-likeness (QED) is 0.201. The number of guanidine groups is 1. The van der Waals surface area contributed by atoms with E-state index in [9.17, 15) is 4.39 Å². The monoisotopic (exact) mass is 526 g/mol. The largest absolute Gasteiger partial charge is 0.492 e. The number of halogens is 2. The number of ether oxygens (including phenoxy) is 1. The van der Waals surface area contributed by atoms with Gasteiger partial charge in [-0.15, -0.1) is 34.2 Å². The van der Waals surface area contributed by atoms with E-state index >= 15 is 0 Å². The zero-order valence-corrected chi connectivity index (χ0v) is 19.6. The van der Waals surface area contributed by atoms with Gasteiger partial charge in [0, 0.05) is 32.8 Å². The number of hydrogen-bond acceptors (Lipinski definition) is 4. The van der Waals surface area contributed by atoms with E-state index in [0.29, 0.717) is 25.4 Å². The fourth-order valence-electron chi connectivity index (χ4n) is 2.89. The van der Waals surface area contributed by atoms with Gasteiger partial charge in [-0.25, -0.2) is 4.39 Å². The predicted octanol–water partition coefficient (Wildman–Crippen LogP) is 3.40. The molecule has 0 aliphatic rings. The molecule has 0 atom stereocenters. The van der Waals surface area contributed by atoms with Crippen LogP contribution >= 0.6 is 24.0 Å². The van der Waals surface area contributed by atoms with Crippen molar-refractivity contribution in [3.05, 3.63) is 60.3 Å². The molecular formula is C21H28FIN6O. The van der Waals surface area contributed by atoms with Crippen LogP contribution in [0.3, 0.4) is 0 Å². The summed E-state index contributed by atoms with van der Waals surface area (Å²) in [7, 11) is 1.97. The molecule has 0 radical (unpaired) electrons. The Morgan fingerprint density at radius 1 is 1.20 bits per heavy atom. The highest BCUT2D eigenvalue weighted by Crippen LogP contribution is 2.11. The highest BCUT2D eigenvalue weighted by molar-refractivity contribution is 14.0. The Morgan fingerprint density at radius 2 is 2.00 bits per heavy atom. The van der Waals surface area contributed by atoms with Crippen LogP contribution in [0.15, 0.2) is 53.7 Å². The molecule has 0 aliphatic heterocycles. The maximum absolute atomic E-state index is 12.9.